The third-order valence-corrected chi connectivity index (χ3v) is 4.59. The molecule has 0 amide bonds. The maximum atomic E-state index is 3.73. The summed E-state index contributed by atoms with van der Waals surface area (Å²) in [5, 5.41) is 3.73. The Bertz CT molecular complexity index is 178. The van der Waals surface area contributed by atoms with Crippen LogP contribution in [0.5, 0.6) is 0 Å². The van der Waals surface area contributed by atoms with Gasteiger partial charge in [-0.3, -0.25) is 0 Å². The van der Waals surface area contributed by atoms with Crippen molar-refractivity contribution in [2.45, 2.75) is 46.1 Å². The second-order valence-electron chi connectivity index (χ2n) is 5.32. The van der Waals surface area contributed by atoms with Gasteiger partial charge in [0.2, 0.25) is 0 Å². The minimum absolute atomic E-state index is 0.826. The summed E-state index contributed by atoms with van der Waals surface area (Å²) >= 11 is 0. The molecule has 5 atom stereocenters. The van der Waals surface area contributed by atoms with Crippen LogP contribution in [0, 0.1) is 23.7 Å². The molecule has 0 aromatic rings. The molecule has 1 nitrogen and oxygen atoms in total. The average Bonchev–Trinajstić information content (AvgIpc) is 2.12. The summed E-state index contributed by atoms with van der Waals surface area (Å²) in [5.74, 6) is 3.75. The second kappa shape index (κ2) is 3.61. The molecular weight excluding hydrogens is 158 g/mol. The van der Waals surface area contributed by atoms with E-state index in [4.69, 9.17) is 0 Å². The average molecular weight is 181 g/mol. The van der Waals surface area contributed by atoms with E-state index < -0.39 is 0 Å². The lowest BCUT2D eigenvalue weighted by Crippen LogP contribution is -2.52. The molecule has 0 radical (unpaired) electrons. The van der Waals surface area contributed by atoms with E-state index in [1.165, 1.54) is 25.8 Å². The number of hydrogen-bond donors (Lipinski definition) is 1. The Balaban J connectivity index is 2.08. The van der Waals surface area contributed by atoms with Crippen molar-refractivity contribution in [3.05, 3.63) is 0 Å². The van der Waals surface area contributed by atoms with Crippen LogP contribution >= 0.6 is 0 Å². The molecule has 1 aliphatic carbocycles. The summed E-state index contributed by atoms with van der Waals surface area (Å²) in [4.78, 5) is 0. The van der Waals surface area contributed by atoms with Gasteiger partial charge in [0.1, 0.15) is 0 Å². The minimum atomic E-state index is 0.826. The maximum Gasteiger partial charge on any atom is 0.0126 e. The van der Waals surface area contributed by atoms with Gasteiger partial charge in [0.25, 0.3) is 0 Å². The van der Waals surface area contributed by atoms with Crippen LogP contribution in [0.2, 0.25) is 0 Å². The lowest BCUT2D eigenvalue weighted by Gasteiger charge is -2.46. The van der Waals surface area contributed by atoms with Gasteiger partial charge in [0.05, 0.1) is 0 Å². The molecule has 2 fully saturated rings. The highest BCUT2D eigenvalue weighted by molar-refractivity contribution is 4.93. The summed E-state index contributed by atoms with van der Waals surface area (Å²) < 4.78 is 0. The predicted octanol–water partition coefficient (Wildman–Crippen LogP) is 2.67. The third kappa shape index (κ3) is 1.63. The van der Waals surface area contributed by atoms with E-state index in [0.29, 0.717) is 0 Å². The highest BCUT2D eigenvalue weighted by Gasteiger charge is 2.38. The number of nitrogens with one attached hydrogen (secondary N) is 1. The smallest absolute Gasteiger partial charge is 0.0126 e. The molecule has 1 heterocycles. The van der Waals surface area contributed by atoms with E-state index in [1.54, 1.807) is 0 Å². The van der Waals surface area contributed by atoms with Gasteiger partial charge in [0, 0.05) is 6.04 Å². The first-order chi connectivity index (χ1) is 6.20. The highest BCUT2D eigenvalue weighted by atomic mass is 14.9. The molecule has 5 unspecified atom stereocenters. The first-order valence-electron chi connectivity index (χ1n) is 5.93. The van der Waals surface area contributed by atoms with Crippen LogP contribution in [0.25, 0.3) is 0 Å². The van der Waals surface area contributed by atoms with Crippen molar-refractivity contribution in [2.75, 3.05) is 6.54 Å². The molecule has 1 saturated heterocycles. The van der Waals surface area contributed by atoms with E-state index in [2.05, 4.69) is 26.1 Å². The van der Waals surface area contributed by atoms with Gasteiger partial charge in [0.15, 0.2) is 0 Å². The zero-order valence-corrected chi connectivity index (χ0v) is 9.22. The maximum absolute atomic E-state index is 3.73. The fourth-order valence-electron chi connectivity index (χ4n) is 3.31. The van der Waals surface area contributed by atoms with E-state index in [9.17, 15) is 0 Å². The van der Waals surface area contributed by atoms with E-state index >= 15 is 0 Å². The Morgan fingerprint density at radius 2 is 1.69 bits per heavy atom. The topological polar surface area (TPSA) is 12.0 Å². The fourth-order valence-corrected chi connectivity index (χ4v) is 3.31. The molecule has 0 bridgehead atoms. The summed E-state index contributed by atoms with van der Waals surface area (Å²) in [6.45, 7) is 8.55. The van der Waals surface area contributed by atoms with Crippen molar-refractivity contribution in [2.24, 2.45) is 23.7 Å². The van der Waals surface area contributed by atoms with Crippen LogP contribution in [0.1, 0.15) is 40.0 Å². The first-order valence-corrected chi connectivity index (χ1v) is 5.93. The Morgan fingerprint density at radius 3 is 2.46 bits per heavy atom. The molecular formula is C12H23N. The molecule has 2 aliphatic rings. The Morgan fingerprint density at radius 1 is 0.923 bits per heavy atom. The fraction of sp³-hybridized carbons (Fsp3) is 1.00. The number of piperidine rings is 1. The van der Waals surface area contributed by atoms with Crippen molar-refractivity contribution in [3.63, 3.8) is 0 Å². The Kier molecular flexibility index (Phi) is 2.64. The van der Waals surface area contributed by atoms with Gasteiger partial charge in [-0.05, 0) is 43.1 Å². The van der Waals surface area contributed by atoms with Gasteiger partial charge in [-0.2, -0.15) is 0 Å². The molecule has 0 aromatic heterocycles. The van der Waals surface area contributed by atoms with Gasteiger partial charge >= 0.3 is 0 Å². The monoisotopic (exact) mass is 181 g/mol. The molecule has 2 rings (SSSR count). The van der Waals surface area contributed by atoms with Crippen molar-refractivity contribution >= 4 is 0 Å². The minimum Gasteiger partial charge on any atom is -0.313 e. The number of rotatable bonds is 0. The summed E-state index contributed by atoms with van der Waals surface area (Å²) in [6.07, 6.45) is 4.31. The molecule has 1 aliphatic heterocycles. The van der Waals surface area contributed by atoms with Crippen molar-refractivity contribution in [1.29, 1.82) is 0 Å². The molecule has 13 heavy (non-hydrogen) atoms. The van der Waals surface area contributed by atoms with Crippen LogP contribution in [0.15, 0.2) is 0 Å². The molecule has 76 valence electrons. The van der Waals surface area contributed by atoms with E-state index in [0.717, 1.165) is 29.7 Å². The third-order valence-electron chi connectivity index (χ3n) is 4.59. The normalized spacial score (nSPS) is 51.5. The van der Waals surface area contributed by atoms with Gasteiger partial charge in [-0.1, -0.05) is 27.2 Å². The lowest BCUT2D eigenvalue weighted by atomic mass is 9.66. The van der Waals surface area contributed by atoms with Crippen molar-refractivity contribution in [1.82, 2.24) is 5.32 Å². The van der Waals surface area contributed by atoms with Crippen molar-refractivity contribution < 1.29 is 0 Å². The van der Waals surface area contributed by atoms with Gasteiger partial charge in [-0.15, -0.1) is 0 Å². The van der Waals surface area contributed by atoms with Crippen LogP contribution in [-0.4, -0.2) is 12.6 Å². The van der Waals surface area contributed by atoms with Crippen LogP contribution in [-0.2, 0) is 0 Å². The lowest BCUT2D eigenvalue weighted by molar-refractivity contribution is 0.0749. The second-order valence-corrected chi connectivity index (χ2v) is 5.32. The number of fused-ring (bicyclic) bond motifs is 1. The summed E-state index contributed by atoms with van der Waals surface area (Å²) in [7, 11) is 0. The molecule has 1 N–H and O–H groups in total. The Hall–Kier alpha value is -0.0400. The predicted molar refractivity (Wildman–Crippen MR) is 56.6 cm³/mol. The first kappa shape index (κ1) is 9.51. The van der Waals surface area contributed by atoms with Crippen LogP contribution in [0.4, 0.5) is 0 Å². The van der Waals surface area contributed by atoms with Crippen molar-refractivity contribution in [3.8, 4) is 0 Å². The molecule has 1 saturated carbocycles. The van der Waals surface area contributed by atoms with E-state index in [1.807, 2.05) is 0 Å². The Labute approximate surface area is 82.3 Å². The van der Waals surface area contributed by atoms with Crippen LogP contribution < -0.4 is 5.32 Å². The largest absolute Gasteiger partial charge is 0.313 e. The zero-order chi connectivity index (χ0) is 9.42. The van der Waals surface area contributed by atoms with Crippen LogP contribution in [0.3, 0.4) is 0 Å². The summed E-state index contributed by atoms with van der Waals surface area (Å²) in [6, 6.07) is 0.826. The molecule has 0 spiro atoms. The standard InChI is InChI=1S/C12H23N/c1-8-4-5-11-9(2)6-7-13-12(11)10(8)3/h8-13H,4-7H2,1-3H3. The van der Waals surface area contributed by atoms with Gasteiger partial charge in [-0.25, -0.2) is 0 Å². The van der Waals surface area contributed by atoms with E-state index in [-0.39, 0.29) is 0 Å². The highest BCUT2D eigenvalue weighted by Crippen LogP contribution is 2.40. The number of hydrogen-bond acceptors (Lipinski definition) is 1. The summed E-state index contributed by atoms with van der Waals surface area (Å²) in [5.41, 5.74) is 0. The SMILES string of the molecule is CC1CCC2C(C)CCNC2C1C. The van der Waals surface area contributed by atoms with Gasteiger partial charge < -0.3 is 5.32 Å². The molecule has 1 heteroatoms. The zero-order valence-electron chi connectivity index (χ0n) is 9.22. The molecule has 0 aromatic carbocycles. The quantitative estimate of drug-likeness (QED) is 0.606.